The smallest absolute Gasteiger partial charge is 0.183 e. The summed E-state index contributed by atoms with van der Waals surface area (Å²) < 4.78 is 16.3. The zero-order valence-electron chi connectivity index (χ0n) is 10.0. The second kappa shape index (κ2) is 5.25. The second-order valence-electron chi connectivity index (χ2n) is 4.49. The fraction of sp³-hybridized carbons (Fsp3) is 1.00. The van der Waals surface area contributed by atoms with Gasteiger partial charge in [-0.25, -0.2) is 0 Å². The van der Waals surface area contributed by atoms with Crippen LogP contribution in [-0.4, -0.2) is 36.5 Å². The van der Waals surface area contributed by atoms with Crippen LogP contribution < -0.4 is 0 Å². The number of hydrogen-bond acceptors (Lipinski definition) is 4. The normalized spacial score (nSPS) is 32.2. The van der Waals surface area contributed by atoms with Crippen molar-refractivity contribution in [3.8, 4) is 0 Å². The summed E-state index contributed by atoms with van der Waals surface area (Å²) in [5.41, 5.74) is 0. The van der Waals surface area contributed by atoms with Gasteiger partial charge < -0.3 is 19.3 Å². The summed E-state index contributed by atoms with van der Waals surface area (Å²) in [6.45, 7) is 5.36. The molecule has 0 amide bonds. The third-order valence-electron chi connectivity index (χ3n) is 2.41. The number of methoxy groups -OCH3 is 1. The lowest BCUT2D eigenvalue weighted by Crippen LogP contribution is -2.35. The van der Waals surface area contributed by atoms with E-state index in [2.05, 4.69) is 6.92 Å². The first kappa shape index (κ1) is 12.9. The molecule has 1 aliphatic rings. The van der Waals surface area contributed by atoms with Crippen molar-refractivity contribution in [2.75, 3.05) is 7.11 Å². The Hall–Kier alpha value is -0.160. The summed E-state index contributed by atoms with van der Waals surface area (Å²) in [6, 6.07) is 0. The predicted octanol–water partition coefficient (Wildman–Crippen LogP) is 1.66. The van der Waals surface area contributed by atoms with E-state index in [0.29, 0.717) is 0 Å². The van der Waals surface area contributed by atoms with Gasteiger partial charge >= 0.3 is 0 Å². The zero-order chi connectivity index (χ0) is 11.5. The van der Waals surface area contributed by atoms with Crippen molar-refractivity contribution in [1.29, 1.82) is 0 Å². The molecule has 0 aromatic heterocycles. The van der Waals surface area contributed by atoms with Crippen LogP contribution in [0, 0.1) is 0 Å². The molecule has 0 bridgehead atoms. The molecular weight excluding hydrogens is 196 g/mol. The van der Waals surface area contributed by atoms with E-state index in [1.54, 1.807) is 21.0 Å². The van der Waals surface area contributed by atoms with Crippen LogP contribution in [0.3, 0.4) is 0 Å². The molecule has 1 rings (SSSR count). The van der Waals surface area contributed by atoms with E-state index in [-0.39, 0.29) is 18.5 Å². The summed E-state index contributed by atoms with van der Waals surface area (Å²) in [5, 5.41) is 9.57. The third kappa shape index (κ3) is 4.07. The maximum atomic E-state index is 9.57. The molecule has 15 heavy (non-hydrogen) atoms. The molecule has 0 aromatic rings. The van der Waals surface area contributed by atoms with E-state index in [0.717, 1.165) is 19.3 Å². The van der Waals surface area contributed by atoms with Gasteiger partial charge in [-0.15, -0.1) is 0 Å². The molecule has 0 aliphatic carbocycles. The number of aliphatic hydroxyl groups is 1. The summed E-state index contributed by atoms with van der Waals surface area (Å²) in [4.78, 5) is 0. The van der Waals surface area contributed by atoms with Gasteiger partial charge in [-0.05, 0) is 20.3 Å². The van der Waals surface area contributed by atoms with E-state index in [9.17, 15) is 5.11 Å². The molecule has 4 heteroatoms. The van der Waals surface area contributed by atoms with Crippen molar-refractivity contribution < 1.29 is 19.3 Å². The van der Waals surface area contributed by atoms with Crippen LogP contribution >= 0.6 is 0 Å². The minimum Gasteiger partial charge on any atom is -0.366 e. The van der Waals surface area contributed by atoms with E-state index in [1.165, 1.54) is 0 Å². The lowest BCUT2D eigenvalue weighted by molar-refractivity contribution is -0.247. The Balaban J connectivity index is 2.48. The van der Waals surface area contributed by atoms with Crippen molar-refractivity contribution in [1.82, 2.24) is 0 Å². The first-order chi connectivity index (χ1) is 6.96. The molecule has 0 radical (unpaired) electrons. The van der Waals surface area contributed by atoms with Crippen molar-refractivity contribution in [3.05, 3.63) is 0 Å². The molecule has 3 atom stereocenters. The first-order valence-corrected chi connectivity index (χ1v) is 5.54. The molecule has 1 heterocycles. The van der Waals surface area contributed by atoms with Crippen molar-refractivity contribution in [2.45, 2.75) is 64.3 Å². The molecule has 1 N–H and O–H groups in total. The molecule has 0 aromatic carbocycles. The number of hydrogen-bond donors (Lipinski definition) is 1. The van der Waals surface area contributed by atoms with Crippen molar-refractivity contribution in [2.24, 2.45) is 0 Å². The van der Waals surface area contributed by atoms with Crippen LogP contribution in [0.5, 0.6) is 0 Å². The highest BCUT2D eigenvalue weighted by atomic mass is 16.7. The van der Waals surface area contributed by atoms with Crippen LogP contribution in [0.1, 0.15) is 40.0 Å². The standard InChI is InChI=1S/C11H22O4/c1-5-6-8-7-9(10(13-4)14-8)15-11(2,3)12/h8-10,12H,5-7H2,1-4H3. The van der Waals surface area contributed by atoms with Gasteiger partial charge in [0.1, 0.15) is 6.10 Å². The molecular formula is C11H22O4. The van der Waals surface area contributed by atoms with Gasteiger partial charge in [-0.3, -0.25) is 0 Å². The average molecular weight is 218 g/mol. The molecule has 1 fully saturated rings. The van der Waals surface area contributed by atoms with E-state index < -0.39 is 5.79 Å². The van der Waals surface area contributed by atoms with Crippen LogP contribution in [0.25, 0.3) is 0 Å². The zero-order valence-corrected chi connectivity index (χ0v) is 10.0. The van der Waals surface area contributed by atoms with Crippen molar-refractivity contribution >= 4 is 0 Å². The van der Waals surface area contributed by atoms with Gasteiger partial charge in [0.05, 0.1) is 6.10 Å². The highest BCUT2D eigenvalue weighted by Crippen LogP contribution is 2.28. The summed E-state index contributed by atoms with van der Waals surface area (Å²) >= 11 is 0. The molecule has 1 saturated heterocycles. The van der Waals surface area contributed by atoms with E-state index in [1.807, 2.05) is 0 Å². The predicted molar refractivity (Wildman–Crippen MR) is 56.4 cm³/mol. The summed E-state index contributed by atoms with van der Waals surface area (Å²) in [7, 11) is 1.60. The molecule has 1 aliphatic heterocycles. The lowest BCUT2D eigenvalue weighted by Gasteiger charge is -2.25. The Labute approximate surface area is 91.5 Å². The number of rotatable bonds is 5. The van der Waals surface area contributed by atoms with Crippen LogP contribution in [-0.2, 0) is 14.2 Å². The maximum Gasteiger partial charge on any atom is 0.183 e. The Bertz CT molecular complexity index is 188. The van der Waals surface area contributed by atoms with Gasteiger partial charge in [0.15, 0.2) is 12.1 Å². The SMILES string of the molecule is CCCC1CC(OC(C)(C)O)C(OC)O1. The largest absolute Gasteiger partial charge is 0.366 e. The monoisotopic (exact) mass is 218 g/mol. The first-order valence-electron chi connectivity index (χ1n) is 5.54. The van der Waals surface area contributed by atoms with Crippen molar-refractivity contribution in [3.63, 3.8) is 0 Å². The minimum atomic E-state index is -1.13. The van der Waals surface area contributed by atoms with Gasteiger partial charge in [-0.1, -0.05) is 13.3 Å². The van der Waals surface area contributed by atoms with E-state index in [4.69, 9.17) is 14.2 Å². The van der Waals surface area contributed by atoms with Crippen LogP contribution in [0.2, 0.25) is 0 Å². The topological polar surface area (TPSA) is 47.9 Å². The second-order valence-corrected chi connectivity index (χ2v) is 4.49. The summed E-state index contributed by atoms with van der Waals surface area (Å²) in [5.74, 6) is -1.13. The Kier molecular flexibility index (Phi) is 4.52. The van der Waals surface area contributed by atoms with Gasteiger partial charge in [0.25, 0.3) is 0 Å². The Morgan fingerprint density at radius 1 is 1.47 bits per heavy atom. The quantitative estimate of drug-likeness (QED) is 0.713. The number of ether oxygens (including phenoxy) is 3. The Morgan fingerprint density at radius 2 is 2.13 bits per heavy atom. The molecule has 0 spiro atoms. The lowest BCUT2D eigenvalue weighted by atomic mass is 10.1. The molecule has 3 unspecified atom stereocenters. The fourth-order valence-electron chi connectivity index (χ4n) is 1.89. The van der Waals surface area contributed by atoms with E-state index >= 15 is 0 Å². The molecule has 4 nitrogen and oxygen atoms in total. The van der Waals surface area contributed by atoms with Crippen LogP contribution in [0.15, 0.2) is 0 Å². The highest BCUT2D eigenvalue weighted by molar-refractivity contribution is 4.79. The third-order valence-corrected chi connectivity index (χ3v) is 2.41. The minimum absolute atomic E-state index is 0.174. The van der Waals surface area contributed by atoms with Gasteiger partial charge in [0.2, 0.25) is 0 Å². The molecule has 0 saturated carbocycles. The van der Waals surface area contributed by atoms with Crippen LogP contribution in [0.4, 0.5) is 0 Å². The summed E-state index contributed by atoms with van der Waals surface area (Å²) in [6.07, 6.45) is 2.53. The van der Waals surface area contributed by atoms with Gasteiger partial charge in [0, 0.05) is 13.5 Å². The average Bonchev–Trinajstić information content (AvgIpc) is 2.45. The molecule has 90 valence electrons. The maximum absolute atomic E-state index is 9.57. The fourth-order valence-corrected chi connectivity index (χ4v) is 1.89. The highest BCUT2D eigenvalue weighted by Gasteiger charge is 2.38. The van der Waals surface area contributed by atoms with Gasteiger partial charge in [-0.2, -0.15) is 0 Å². The Morgan fingerprint density at radius 3 is 2.60 bits per heavy atom.